The molecule has 4 heteroatoms. The molecule has 0 spiro atoms. The summed E-state index contributed by atoms with van der Waals surface area (Å²) < 4.78 is 0. The van der Waals surface area contributed by atoms with E-state index >= 15 is 0 Å². The summed E-state index contributed by atoms with van der Waals surface area (Å²) in [4.78, 5) is 2.53. The Morgan fingerprint density at radius 1 is 0.808 bits per heavy atom. The Hall–Kier alpha value is -1.58. The van der Waals surface area contributed by atoms with E-state index in [4.69, 9.17) is 23.2 Å². The zero-order valence-corrected chi connectivity index (χ0v) is 16.1. The third-order valence-corrected chi connectivity index (χ3v) is 5.97. The summed E-state index contributed by atoms with van der Waals surface area (Å²) in [5.41, 5.74) is 2.37. The highest BCUT2D eigenvalue weighted by Crippen LogP contribution is 2.39. The highest BCUT2D eigenvalue weighted by molar-refractivity contribution is 6.42. The fourth-order valence-corrected chi connectivity index (χ4v) is 4.32. The summed E-state index contributed by atoms with van der Waals surface area (Å²) in [5, 5.41) is 7.29. The molecule has 1 fully saturated rings. The number of hydrogen-bond donors (Lipinski definition) is 1. The molecule has 1 atom stereocenters. The van der Waals surface area contributed by atoms with E-state index in [0.717, 1.165) is 38.2 Å². The Morgan fingerprint density at radius 3 is 2.50 bits per heavy atom. The second-order valence-corrected chi connectivity index (χ2v) is 7.54. The monoisotopic (exact) mass is 384 g/mol. The van der Waals surface area contributed by atoms with Crippen LogP contribution in [0.1, 0.15) is 23.6 Å². The molecule has 0 saturated carbocycles. The highest BCUT2D eigenvalue weighted by atomic mass is 35.5. The molecule has 1 N–H and O–H groups in total. The maximum atomic E-state index is 6.67. The number of halogens is 2. The van der Waals surface area contributed by atoms with Gasteiger partial charge in [0, 0.05) is 19.6 Å². The fourth-order valence-electron chi connectivity index (χ4n) is 3.91. The Balaban J connectivity index is 1.91. The normalized spacial score (nSPS) is 17.2. The van der Waals surface area contributed by atoms with Crippen LogP contribution in [0.3, 0.4) is 0 Å². The number of rotatable bonds is 3. The lowest BCUT2D eigenvalue weighted by atomic mass is 9.92. The van der Waals surface area contributed by atoms with Crippen LogP contribution in [-0.4, -0.2) is 31.1 Å². The highest BCUT2D eigenvalue weighted by Gasteiger charge is 2.27. The first-order chi connectivity index (χ1) is 12.8. The molecule has 1 aliphatic heterocycles. The Labute approximate surface area is 164 Å². The molecule has 26 heavy (non-hydrogen) atoms. The molecule has 1 saturated heterocycles. The predicted octanol–water partition coefficient (Wildman–Crippen LogP) is 5.53. The van der Waals surface area contributed by atoms with Crippen molar-refractivity contribution in [3.63, 3.8) is 0 Å². The third kappa shape index (κ3) is 3.47. The minimum absolute atomic E-state index is 0.0900. The number of nitrogens with zero attached hydrogens (tertiary/aromatic N) is 1. The molecular formula is C22H22Cl2N2. The van der Waals surface area contributed by atoms with Crippen molar-refractivity contribution in [1.29, 1.82) is 0 Å². The lowest BCUT2D eigenvalue weighted by Crippen LogP contribution is -2.33. The van der Waals surface area contributed by atoms with Gasteiger partial charge in [-0.2, -0.15) is 0 Å². The van der Waals surface area contributed by atoms with Gasteiger partial charge in [-0.25, -0.2) is 0 Å². The lowest BCUT2D eigenvalue weighted by Gasteiger charge is -2.33. The van der Waals surface area contributed by atoms with E-state index in [9.17, 15) is 0 Å². The Kier molecular flexibility index (Phi) is 5.46. The molecule has 0 radical (unpaired) electrons. The van der Waals surface area contributed by atoms with Crippen molar-refractivity contribution in [2.45, 2.75) is 12.5 Å². The summed E-state index contributed by atoms with van der Waals surface area (Å²) in [7, 11) is 0. The maximum Gasteiger partial charge on any atom is 0.0643 e. The van der Waals surface area contributed by atoms with Crippen molar-refractivity contribution in [3.05, 3.63) is 81.8 Å². The zero-order chi connectivity index (χ0) is 17.9. The maximum absolute atomic E-state index is 6.67. The number of nitrogens with one attached hydrogen (secondary N) is 1. The van der Waals surface area contributed by atoms with Crippen LogP contribution in [-0.2, 0) is 0 Å². The average Bonchev–Trinajstić information content (AvgIpc) is 2.95. The molecule has 3 aromatic rings. The first-order valence-corrected chi connectivity index (χ1v) is 9.87. The average molecular weight is 385 g/mol. The van der Waals surface area contributed by atoms with Crippen LogP contribution < -0.4 is 5.32 Å². The number of fused-ring (bicyclic) bond motifs is 1. The van der Waals surface area contributed by atoms with Gasteiger partial charge in [-0.1, -0.05) is 77.8 Å². The van der Waals surface area contributed by atoms with Crippen LogP contribution in [0.2, 0.25) is 10.0 Å². The molecule has 1 heterocycles. The first-order valence-electron chi connectivity index (χ1n) is 9.12. The quantitative estimate of drug-likeness (QED) is 0.638. The molecule has 2 nitrogen and oxygen atoms in total. The summed E-state index contributed by atoms with van der Waals surface area (Å²) >= 11 is 13.0. The van der Waals surface area contributed by atoms with Crippen molar-refractivity contribution >= 4 is 34.0 Å². The molecule has 0 bridgehead atoms. The van der Waals surface area contributed by atoms with Gasteiger partial charge in [0.1, 0.15) is 0 Å². The van der Waals surface area contributed by atoms with E-state index in [2.05, 4.69) is 58.7 Å². The second kappa shape index (κ2) is 7.98. The third-order valence-electron chi connectivity index (χ3n) is 5.13. The Morgan fingerprint density at radius 2 is 1.58 bits per heavy atom. The van der Waals surface area contributed by atoms with Crippen molar-refractivity contribution in [1.82, 2.24) is 10.2 Å². The summed E-state index contributed by atoms with van der Waals surface area (Å²) in [5.74, 6) is 0. The number of benzene rings is 3. The van der Waals surface area contributed by atoms with Crippen LogP contribution in [0.15, 0.2) is 60.7 Å². The largest absolute Gasteiger partial charge is 0.315 e. The van der Waals surface area contributed by atoms with Gasteiger partial charge in [0.15, 0.2) is 0 Å². The smallest absolute Gasteiger partial charge is 0.0643 e. The predicted molar refractivity (Wildman–Crippen MR) is 111 cm³/mol. The summed E-state index contributed by atoms with van der Waals surface area (Å²) in [6.45, 7) is 4.06. The fraction of sp³-hybridized carbons (Fsp3) is 0.273. The topological polar surface area (TPSA) is 15.3 Å². The van der Waals surface area contributed by atoms with Crippen LogP contribution in [0.25, 0.3) is 10.8 Å². The van der Waals surface area contributed by atoms with Gasteiger partial charge < -0.3 is 5.32 Å². The first kappa shape index (κ1) is 17.8. The van der Waals surface area contributed by atoms with E-state index in [1.54, 1.807) is 0 Å². The van der Waals surface area contributed by atoms with Crippen molar-refractivity contribution in [3.8, 4) is 0 Å². The van der Waals surface area contributed by atoms with Crippen LogP contribution in [0.5, 0.6) is 0 Å². The van der Waals surface area contributed by atoms with Crippen molar-refractivity contribution in [2.75, 3.05) is 26.2 Å². The standard InChI is InChI=1S/C22H22Cl2N2/c23-20-11-4-10-19(21(20)24)22(26-14-5-12-25-13-15-26)18-9-3-7-16-6-1-2-8-17(16)18/h1-4,6-11,22,25H,5,12-15H2. The van der Waals surface area contributed by atoms with Gasteiger partial charge in [0.25, 0.3) is 0 Å². The van der Waals surface area contributed by atoms with Crippen molar-refractivity contribution < 1.29 is 0 Å². The van der Waals surface area contributed by atoms with Crippen LogP contribution >= 0.6 is 23.2 Å². The molecule has 1 unspecified atom stereocenters. The Bertz CT molecular complexity index is 896. The molecule has 3 aromatic carbocycles. The molecule has 1 aliphatic rings. The minimum Gasteiger partial charge on any atom is -0.315 e. The van der Waals surface area contributed by atoms with E-state index in [1.807, 2.05) is 12.1 Å². The van der Waals surface area contributed by atoms with E-state index in [1.165, 1.54) is 16.3 Å². The summed E-state index contributed by atoms with van der Waals surface area (Å²) in [6.07, 6.45) is 1.12. The molecule has 134 valence electrons. The van der Waals surface area contributed by atoms with Gasteiger partial charge >= 0.3 is 0 Å². The van der Waals surface area contributed by atoms with E-state index in [0.29, 0.717) is 10.0 Å². The van der Waals surface area contributed by atoms with Gasteiger partial charge in [-0.15, -0.1) is 0 Å². The van der Waals surface area contributed by atoms with Crippen molar-refractivity contribution in [2.24, 2.45) is 0 Å². The molecule has 0 aromatic heterocycles. The molecule has 0 amide bonds. The van der Waals surface area contributed by atoms with Gasteiger partial charge in [-0.3, -0.25) is 4.90 Å². The minimum atomic E-state index is 0.0900. The lowest BCUT2D eigenvalue weighted by molar-refractivity contribution is 0.242. The second-order valence-electron chi connectivity index (χ2n) is 6.75. The number of hydrogen-bond acceptors (Lipinski definition) is 2. The van der Waals surface area contributed by atoms with Gasteiger partial charge in [0.05, 0.1) is 16.1 Å². The molecule has 0 aliphatic carbocycles. The van der Waals surface area contributed by atoms with Gasteiger partial charge in [0.2, 0.25) is 0 Å². The van der Waals surface area contributed by atoms with E-state index in [-0.39, 0.29) is 6.04 Å². The molecular weight excluding hydrogens is 363 g/mol. The van der Waals surface area contributed by atoms with Crippen LogP contribution in [0, 0.1) is 0 Å². The SMILES string of the molecule is Clc1cccc(C(c2cccc3ccccc23)N2CCCNCC2)c1Cl. The van der Waals surface area contributed by atoms with Gasteiger partial charge in [-0.05, 0) is 40.9 Å². The summed E-state index contributed by atoms with van der Waals surface area (Å²) in [6, 6.07) is 21.1. The zero-order valence-electron chi connectivity index (χ0n) is 14.6. The van der Waals surface area contributed by atoms with E-state index < -0.39 is 0 Å². The van der Waals surface area contributed by atoms with Crippen LogP contribution in [0.4, 0.5) is 0 Å². The molecule has 4 rings (SSSR count).